The van der Waals surface area contributed by atoms with Gasteiger partial charge in [-0.25, -0.2) is 14.4 Å². The third-order valence-corrected chi connectivity index (χ3v) is 21.4. The summed E-state index contributed by atoms with van der Waals surface area (Å²) in [5, 5.41) is 133. The van der Waals surface area contributed by atoms with Crippen molar-refractivity contribution in [2.75, 3.05) is 26.4 Å². The average Bonchev–Trinajstić information content (AvgIpc) is 3.88. The van der Waals surface area contributed by atoms with Gasteiger partial charge in [0, 0.05) is 54.7 Å². The summed E-state index contributed by atoms with van der Waals surface area (Å²) in [5.74, 6) is -3.87. The second-order valence-corrected chi connectivity index (χ2v) is 25.8. The number of hydrogen-bond donors (Lipinski definition) is 12. The van der Waals surface area contributed by atoms with Gasteiger partial charge >= 0.3 is 17.9 Å². The van der Waals surface area contributed by atoms with Crippen molar-refractivity contribution < 1.29 is 146 Å². The molecule has 0 amide bonds. The predicted molar refractivity (Wildman–Crippen MR) is 277 cm³/mol. The van der Waals surface area contributed by atoms with Crippen LogP contribution in [-0.2, 0) is 85.0 Å². The molecule has 0 aromatic carbocycles. The first kappa shape index (κ1) is 66.6. The SMILES string of the molecule is C/C=C(/C)C(=O)O[C@H]1[C@H](OC(=O)/C(C)=C\C)[C@@]2(CO)C(CC1(C)C)C1=CCC3[C@@]4(C)CC[C@H](O[C@@H]5OC(C(=O)O)[C@@H](O)[C@@H](O[C@@H]6O[C@@H](CO)[C@@H](O)C6O)C5O[C@@H]5OC(CO)[C@@H](O)[C@@H](O)C5O)[C@](C)(CO)C4CC[C@@]3(C)[C@]1(C)C[C@H]2O.[Y]. The maximum absolute atomic E-state index is 13.8. The first-order chi connectivity index (χ1) is 37.5. The van der Waals surface area contributed by atoms with Crippen LogP contribution in [0.4, 0.5) is 0 Å². The van der Waals surface area contributed by atoms with E-state index in [0.717, 1.165) is 5.57 Å². The molecule has 1 radical (unpaired) electrons. The molecule has 0 aromatic rings. The zero-order chi connectivity index (χ0) is 59.1. The molecular weight excluding hydrogens is 1140 g/mol. The van der Waals surface area contributed by atoms with E-state index in [0.29, 0.717) is 43.3 Å². The number of carbonyl (C=O) groups excluding carboxylic acids is 2. The van der Waals surface area contributed by atoms with E-state index in [1.807, 2.05) is 20.8 Å². The van der Waals surface area contributed by atoms with Gasteiger partial charge in [0.05, 0.1) is 44.1 Å². The second kappa shape index (κ2) is 24.7. The molecule has 3 aliphatic heterocycles. The van der Waals surface area contributed by atoms with Crippen LogP contribution in [0, 0.1) is 50.2 Å². The van der Waals surface area contributed by atoms with Crippen molar-refractivity contribution in [3.05, 3.63) is 34.9 Å². The van der Waals surface area contributed by atoms with E-state index in [9.17, 15) is 75.7 Å². The summed E-state index contributed by atoms with van der Waals surface area (Å²) in [5.41, 5.74) is -3.55. The molecule has 8 aliphatic rings. The Morgan fingerprint density at radius 3 is 1.72 bits per heavy atom. The van der Waals surface area contributed by atoms with Gasteiger partial charge in [-0.1, -0.05) is 65.3 Å². The van der Waals surface area contributed by atoms with Crippen LogP contribution in [0.15, 0.2) is 34.9 Å². The molecule has 3 heterocycles. The van der Waals surface area contributed by atoms with Crippen LogP contribution >= 0.6 is 0 Å². The molecule has 23 nitrogen and oxygen atoms in total. The summed E-state index contributed by atoms with van der Waals surface area (Å²) in [6.07, 6.45) is -21.9. The maximum Gasteiger partial charge on any atom is 0.335 e. The van der Waals surface area contributed by atoms with Crippen molar-refractivity contribution in [3.8, 4) is 0 Å². The van der Waals surface area contributed by atoms with Gasteiger partial charge in [0.1, 0.15) is 67.1 Å². The number of fused-ring (bicyclic) bond motifs is 7. The van der Waals surface area contributed by atoms with Crippen molar-refractivity contribution in [1.82, 2.24) is 0 Å². The van der Waals surface area contributed by atoms with Crippen LogP contribution < -0.4 is 0 Å². The molecule has 12 N–H and O–H groups in total. The van der Waals surface area contributed by atoms with Gasteiger partial charge in [-0.05, 0) is 107 Å². The summed E-state index contributed by atoms with van der Waals surface area (Å²) in [6, 6.07) is 0. The average molecular weight is 1230 g/mol. The van der Waals surface area contributed by atoms with Crippen LogP contribution in [-0.4, -0.2) is 216 Å². The Balaban J connectivity index is 0.00000946. The minimum atomic E-state index is -2.15. The Morgan fingerprint density at radius 1 is 0.642 bits per heavy atom. The number of esters is 2. The molecule has 4 saturated carbocycles. The van der Waals surface area contributed by atoms with E-state index >= 15 is 0 Å². The van der Waals surface area contributed by atoms with Crippen molar-refractivity contribution >= 4 is 17.9 Å². The fourth-order valence-electron chi connectivity index (χ4n) is 16.2. The van der Waals surface area contributed by atoms with Gasteiger partial charge in [0.2, 0.25) is 0 Å². The van der Waals surface area contributed by atoms with E-state index in [-0.39, 0.29) is 57.4 Å². The smallest absolute Gasteiger partial charge is 0.335 e. The van der Waals surface area contributed by atoms with Gasteiger partial charge in [-0.15, -0.1) is 0 Å². The predicted octanol–water partition coefficient (Wildman–Crippen LogP) is 0.262. The number of ether oxygens (including phenoxy) is 8. The Morgan fingerprint density at radius 2 is 1.19 bits per heavy atom. The van der Waals surface area contributed by atoms with Gasteiger partial charge in [-0.3, -0.25) is 0 Å². The summed E-state index contributed by atoms with van der Waals surface area (Å²) in [4.78, 5) is 40.3. The number of carboxylic acids is 1. The summed E-state index contributed by atoms with van der Waals surface area (Å²) in [7, 11) is 0. The molecular formula is C57H88O23Y. The first-order valence-electron chi connectivity index (χ1n) is 28.2. The summed E-state index contributed by atoms with van der Waals surface area (Å²) < 4.78 is 49.0. The Hall–Kier alpha value is -1.95. The fourth-order valence-corrected chi connectivity index (χ4v) is 16.2. The number of allylic oxidation sites excluding steroid dienone is 4. The molecule has 3 saturated heterocycles. The van der Waals surface area contributed by atoms with E-state index in [2.05, 4.69) is 26.8 Å². The second-order valence-electron chi connectivity index (χ2n) is 25.8. The number of aliphatic carboxylic acids is 1. The van der Waals surface area contributed by atoms with Gasteiger partial charge in [0.25, 0.3) is 0 Å². The third-order valence-electron chi connectivity index (χ3n) is 21.4. The third kappa shape index (κ3) is 10.8. The van der Waals surface area contributed by atoms with Crippen LogP contribution in [0.5, 0.6) is 0 Å². The van der Waals surface area contributed by atoms with E-state index in [4.69, 9.17) is 37.9 Å². The monoisotopic (exact) mass is 1230 g/mol. The van der Waals surface area contributed by atoms with Gasteiger partial charge in [0.15, 0.2) is 31.1 Å². The molecule has 457 valence electrons. The summed E-state index contributed by atoms with van der Waals surface area (Å²) >= 11 is 0. The van der Waals surface area contributed by atoms with E-state index in [1.54, 1.807) is 39.8 Å². The topological polar surface area (TPSA) is 368 Å². The minimum absolute atomic E-state index is 0. The van der Waals surface area contributed by atoms with Crippen molar-refractivity contribution in [2.45, 2.75) is 225 Å². The van der Waals surface area contributed by atoms with Gasteiger partial charge in [-0.2, -0.15) is 0 Å². The molecule has 81 heavy (non-hydrogen) atoms. The van der Waals surface area contributed by atoms with Crippen molar-refractivity contribution in [1.29, 1.82) is 0 Å². The van der Waals surface area contributed by atoms with Crippen LogP contribution in [0.1, 0.15) is 114 Å². The largest absolute Gasteiger partial charge is 0.479 e. The number of aliphatic hydroxyl groups is 11. The molecule has 5 aliphatic carbocycles. The van der Waals surface area contributed by atoms with Crippen molar-refractivity contribution in [2.24, 2.45) is 50.2 Å². The molecule has 0 spiro atoms. The maximum atomic E-state index is 13.8. The molecule has 8 rings (SSSR count). The number of carboxylic acid groups (broad SMARTS) is 1. The molecule has 26 atom stereocenters. The van der Waals surface area contributed by atoms with Crippen LogP contribution in [0.2, 0.25) is 0 Å². The first-order valence-corrected chi connectivity index (χ1v) is 28.2. The van der Waals surface area contributed by atoms with E-state index in [1.165, 1.54) is 0 Å². The standard InChI is InChI=1S/C57H88O23.Y/c1-11-25(3)47(71)79-44-45(80-48(72)26(4)12-2)57(24-61)28(19-52(44,5)6)27-13-14-32-53(7)17-16-34(54(8,23-60)31(53)15-18-55(32,9)56(27,10)20-33(57)62)75-51-43(78-50-39(67)37(65)35(63)29(21-58)73-50)41(40(68)42(77-51)46(69)70)76-49-38(66)36(64)30(22-59)74-49;/h11-13,28-45,49-51,58-68H,14-24H2,1-10H3,(H,69,70);/b25-11-,26-12-;/t28?,29?,30-,31?,32?,33+,34-,35+,36+,37+,38?,39?,40-,41+,42?,43?,44-,45-,49-,50-,51+,53-,54+,55+,56+,57-;/m0./s1. The van der Waals surface area contributed by atoms with Gasteiger partial charge < -0.3 is 99.2 Å². The number of aliphatic hydroxyl groups excluding tert-OH is 11. The van der Waals surface area contributed by atoms with Crippen molar-refractivity contribution in [3.63, 3.8) is 0 Å². The summed E-state index contributed by atoms with van der Waals surface area (Å²) in [6.45, 7) is 16.4. The molecule has 24 heteroatoms. The molecule has 8 unspecified atom stereocenters. The molecule has 0 aromatic heterocycles. The normalized spacial score (nSPS) is 48.7. The molecule has 7 fully saturated rings. The fraction of sp³-hybridized carbons (Fsp3) is 0.842. The van der Waals surface area contributed by atoms with Crippen LogP contribution in [0.3, 0.4) is 0 Å². The van der Waals surface area contributed by atoms with E-state index < -0.39 is 193 Å². The molecule has 0 bridgehead atoms. The number of rotatable bonds is 15. The minimum Gasteiger partial charge on any atom is -0.479 e. The zero-order valence-electron chi connectivity index (χ0n) is 48.1. The Kier molecular flexibility index (Phi) is 20.3. The Bertz CT molecular complexity index is 2380. The zero-order valence-corrected chi connectivity index (χ0v) is 50.9. The number of carbonyl (C=O) groups is 3. The Labute approximate surface area is 497 Å². The number of hydrogen-bond acceptors (Lipinski definition) is 22. The van der Waals surface area contributed by atoms with Crippen LogP contribution in [0.25, 0.3) is 0 Å². The quantitative estimate of drug-likeness (QED) is 0.0453.